The fraction of sp³-hybridized carbons (Fsp3) is 0.385. The van der Waals surface area contributed by atoms with Gasteiger partial charge < -0.3 is 10.5 Å². The van der Waals surface area contributed by atoms with Gasteiger partial charge in [0.25, 0.3) is 0 Å². The van der Waals surface area contributed by atoms with Crippen molar-refractivity contribution in [3.63, 3.8) is 0 Å². The molecular formula is C13H19FN2O3S. The summed E-state index contributed by atoms with van der Waals surface area (Å²) >= 11 is 0. The highest BCUT2D eigenvalue weighted by atomic mass is 32.2. The van der Waals surface area contributed by atoms with Crippen molar-refractivity contribution in [2.75, 3.05) is 32.5 Å². The number of ether oxygens (including phenoxy) is 1. The SMILES string of the molecule is C=CCN(CCOC)S(=O)(=O)c1cc(N)c(F)cc1C. The van der Waals surface area contributed by atoms with Crippen LogP contribution in [0.25, 0.3) is 0 Å². The van der Waals surface area contributed by atoms with E-state index in [1.165, 1.54) is 24.4 Å². The Morgan fingerprint density at radius 1 is 1.50 bits per heavy atom. The molecule has 0 unspecified atom stereocenters. The lowest BCUT2D eigenvalue weighted by Crippen LogP contribution is -2.34. The zero-order valence-corrected chi connectivity index (χ0v) is 12.4. The van der Waals surface area contributed by atoms with Crippen LogP contribution < -0.4 is 5.73 Å². The second kappa shape index (κ2) is 6.83. The van der Waals surface area contributed by atoms with Crippen LogP contribution in [0.4, 0.5) is 10.1 Å². The minimum atomic E-state index is -3.77. The summed E-state index contributed by atoms with van der Waals surface area (Å²) in [5.74, 6) is -0.631. The first kappa shape index (κ1) is 16.6. The Morgan fingerprint density at radius 3 is 2.70 bits per heavy atom. The molecule has 0 radical (unpaired) electrons. The van der Waals surface area contributed by atoms with Crippen molar-refractivity contribution in [2.45, 2.75) is 11.8 Å². The van der Waals surface area contributed by atoms with Crippen LogP contribution in [-0.4, -0.2) is 39.5 Å². The fourth-order valence-corrected chi connectivity index (χ4v) is 3.37. The maximum absolute atomic E-state index is 13.3. The number of halogens is 1. The molecule has 0 amide bonds. The third-order valence-corrected chi connectivity index (χ3v) is 4.80. The van der Waals surface area contributed by atoms with Crippen LogP contribution in [0.15, 0.2) is 29.7 Å². The maximum atomic E-state index is 13.3. The van der Waals surface area contributed by atoms with Crippen molar-refractivity contribution in [1.82, 2.24) is 4.31 Å². The smallest absolute Gasteiger partial charge is 0.243 e. The van der Waals surface area contributed by atoms with Crippen LogP contribution >= 0.6 is 0 Å². The number of rotatable bonds is 7. The first-order chi connectivity index (χ1) is 9.34. The molecule has 7 heteroatoms. The Kier molecular flexibility index (Phi) is 5.67. The summed E-state index contributed by atoms with van der Waals surface area (Å²) in [6.45, 7) is 5.64. The number of hydrogen-bond acceptors (Lipinski definition) is 4. The van der Waals surface area contributed by atoms with E-state index < -0.39 is 15.8 Å². The summed E-state index contributed by atoms with van der Waals surface area (Å²) < 4.78 is 44.6. The summed E-state index contributed by atoms with van der Waals surface area (Å²) in [7, 11) is -2.28. The number of hydrogen-bond donors (Lipinski definition) is 1. The minimum absolute atomic E-state index is 0.00523. The Morgan fingerprint density at radius 2 is 2.15 bits per heavy atom. The second-order valence-electron chi connectivity index (χ2n) is 4.28. The van der Waals surface area contributed by atoms with Gasteiger partial charge >= 0.3 is 0 Å². The number of nitrogen functional groups attached to an aromatic ring is 1. The third kappa shape index (κ3) is 3.56. The van der Waals surface area contributed by atoms with E-state index in [0.29, 0.717) is 5.56 Å². The van der Waals surface area contributed by atoms with Crippen molar-refractivity contribution in [1.29, 1.82) is 0 Å². The van der Waals surface area contributed by atoms with Crippen LogP contribution in [-0.2, 0) is 14.8 Å². The number of benzene rings is 1. The van der Waals surface area contributed by atoms with Crippen molar-refractivity contribution >= 4 is 15.7 Å². The zero-order valence-electron chi connectivity index (χ0n) is 11.6. The molecule has 1 aromatic carbocycles. The number of nitrogens with zero attached hydrogens (tertiary/aromatic N) is 1. The van der Waals surface area contributed by atoms with Crippen LogP contribution in [0.5, 0.6) is 0 Å². The van der Waals surface area contributed by atoms with Crippen LogP contribution in [0.1, 0.15) is 5.56 Å². The van der Waals surface area contributed by atoms with E-state index in [1.54, 1.807) is 0 Å². The highest BCUT2D eigenvalue weighted by molar-refractivity contribution is 7.89. The van der Waals surface area contributed by atoms with Crippen LogP contribution in [0.2, 0.25) is 0 Å². The molecule has 112 valence electrons. The van der Waals surface area contributed by atoms with Gasteiger partial charge in [0.1, 0.15) is 5.82 Å². The summed E-state index contributed by atoms with van der Waals surface area (Å²) in [5, 5.41) is 0. The van der Waals surface area contributed by atoms with E-state index in [1.807, 2.05) is 0 Å². The standard InChI is InChI=1S/C13H19FN2O3S/c1-4-5-16(6-7-19-3)20(17,18)13-9-12(15)11(14)8-10(13)2/h4,8-9H,1,5-7,15H2,2-3H3. The van der Waals surface area contributed by atoms with Gasteiger partial charge in [0, 0.05) is 20.2 Å². The van der Waals surface area contributed by atoms with Gasteiger partial charge in [-0.3, -0.25) is 0 Å². The van der Waals surface area contributed by atoms with Gasteiger partial charge in [-0.2, -0.15) is 4.31 Å². The molecule has 0 saturated heterocycles. The van der Waals surface area contributed by atoms with Gasteiger partial charge in [-0.1, -0.05) is 6.08 Å². The first-order valence-electron chi connectivity index (χ1n) is 6.00. The van der Waals surface area contributed by atoms with E-state index in [-0.39, 0.29) is 30.3 Å². The Hall–Kier alpha value is -1.44. The zero-order chi connectivity index (χ0) is 15.3. The molecule has 0 aliphatic rings. The van der Waals surface area contributed by atoms with Gasteiger partial charge in [0.15, 0.2) is 0 Å². The number of aryl methyl sites for hydroxylation is 1. The van der Waals surface area contributed by atoms with E-state index in [2.05, 4.69) is 6.58 Å². The molecule has 2 N–H and O–H groups in total. The lowest BCUT2D eigenvalue weighted by molar-refractivity contribution is 0.182. The van der Waals surface area contributed by atoms with Gasteiger partial charge in [0.2, 0.25) is 10.0 Å². The van der Waals surface area contributed by atoms with Crippen molar-refractivity contribution in [3.05, 3.63) is 36.2 Å². The summed E-state index contributed by atoms with van der Waals surface area (Å²) in [4.78, 5) is -0.00523. The Balaban J connectivity index is 3.25. The topological polar surface area (TPSA) is 72.6 Å². The van der Waals surface area contributed by atoms with E-state index in [4.69, 9.17) is 10.5 Å². The molecule has 0 heterocycles. The second-order valence-corrected chi connectivity index (χ2v) is 6.19. The van der Waals surface area contributed by atoms with Crippen LogP contribution in [0, 0.1) is 12.7 Å². The summed E-state index contributed by atoms with van der Waals surface area (Å²) in [6.07, 6.45) is 1.48. The molecule has 5 nitrogen and oxygen atoms in total. The average Bonchev–Trinajstić information content (AvgIpc) is 2.38. The lowest BCUT2D eigenvalue weighted by Gasteiger charge is -2.21. The molecule has 0 aromatic heterocycles. The normalized spacial score (nSPS) is 11.8. The average molecular weight is 302 g/mol. The van der Waals surface area contributed by atoms with E-state index in [0.717, 1.165) is 12.1 Å². The Labute approximate surface area is 118 Å². The third-order valence-electron chi connectivity index (χ3n) is 2.79. The highest BCUT2D eigenvalue weighted by Crippen LogP contribution is 2.24. The summed E-state index contributed by atoms with van der Waals surface area (Å²) in [6, 6.07) is 2.26. The number of methoxy groups -OCH3 is 1. The minimum Gasteiger partial charge on any atom is -0.396 e. The molecule has 0 aliphatic carbocycles. The molecule has 0 saturated carbocycles. The Bertz CT molecular complexity index is 588. The van der Waals surface area contributed by atoms with Crippen molar-refractivity contribution in [3.8, 4) is 0 Å². The molecule has 0 spiro atoms. The number of nitrogens with two attached hydrogens (primary N) is 1. The first-order valence-corrected chi connectivity index (χ1v) is 7.44. The molecule has 20 heavy (non-hydrogen) atoms. The van der Waals surface area contributed by atoms with Gasteiger partial charge in [0.05, 0.1) is 17.2 Å². The fourth-order valence-electron chi connectivity index (χ4n) is 1.73. The molecule has 0 fully saturated rings. The van der Waals surface area contributed by atoms with Gasteiger partial charge in [-0.25, -0.2) is 12.8 Å². The van der Waals surface area contributed by atoms with Gasteiger partial charge in [-0.15, -0.1) is 6.58 Å². The highest BCUT2D eigenvalue weighted by Gasteiger charge is 2.26. The predicted octanol–water partition coefficient (Wildman–Crippen LogP) is 1.54. The largest absolute Gasteiger partial charge is 0.396 e. The number of anilines is 1. The van der Waals surface area contributed by atoms with E-state index in [9.17, 15) is 12.8 Å². The molecule has 1 aromatic rings. The van der Waals surface area contributed by atoms with Gasteiger partial charge in [-0.05, 0) is 24.6 Å². The van der Waals surface area contributed by atoms with Crippen LogP contribution in [0.3, 0.4) is 0 Å². The molecular weight excluding hydrogens is 283 g/mol. The maximum Gasteiger partial charge on any atom is 0.243 e. The van der Waals surface area contributed by atoms with E-state index >= 15 is 0 Å². The van der Waals surface area contributed by atoms with Crippen molar-refractivity contribution in [2.24, 2.45) is 0 Å². The monoisotopic (exact) mass is 302 g/mol. The molecule has 1 rings (SSSR count). The summed E-state index contributed by atoms with van der Waals surface area (Å²) in [5.41, 5.74) is 5.57. The molecule has 0 aliphatic heterocycles. The molecule has 0 bridgehead atoms. The number of sulfonamides is 1. The quantitative estimate of drug-likeness (QED) is 0.612. The van der Waals surface area contributed by atoms with Crippen molar-refractivity contribution < 1.29 is 17.5 Å². The molecule has 0 atom stereocenters. The lowest BCUT2D eigenvalue weighted by atomic mass is 10.2. The predicted molar refractivity (Wildman–Crippen MR) is 76.4 cm³/mol.